The highest BCUT2D eigenvalue weighted by molar-refractivity contribution is 5.89. The highest BCUT2D eigenvalue weighted by atomic mass is 16.2. The Hall–Kier alpha value is -3.92. The summed E-state index contributed by atoms with van der Waals surface area (Å²) in [5, 5.41) is 15.0. The molecule has 32 heavy (non-hydrogen) atoms. The first-order valence-electron chi connectivity index (χ1n) is 10.8. The first-order chi connectivity index (χ1) is 15.6. The second-order valence-electron chi connectivity index (χ2n) is 8.43. The van der Waals surface area contributed by atoms with E-state index in [4.69, 9.17) is 10.2 Å². The summed E-state index contributed by atoms with van der Waals surface area (Å²) in [7, 11) is 1.83. The van der Waals surface area contributed by atoms with Crippen molar-refractivity contribution in [2.75, 3.05) is 30.8 Å². The maximum atomic E-state index is 12.9. The second kappa shape index (κ2) is 7.97. The van der Waals surface area contributed by atoms with E-state index in [1.54, 1.807) is 24.3 Å². The van der Waals surface area contributed by atoms with Gasteiger partial charge in [0, 0.05) is 43.0 Å². The zero-order chi connectivity index (χ0) is 22.1. The number of rotatable bonds is 2. The summed E-state index contributed by atoms with van der Waals surface area (Å²) < 4.78 is 0. The molecule has 0 radical (unpaired) electrons. The Morgan fingerprint density at radius 3 is 2.75 bits per heavy atom. The summed E-state index contributed by atoms with van der Waals surface area (Å²) in [4.78, 5) is 23.9. The molecule has 1 aliphatic carbocycles. The van der Waals surface area contributed by atoms with Crippen LogP contribution in [-0.2, 0) is 11.8 Å². The summed E-state index contributed by atoms with van der Waals surface area (Å²) in [6.07, 6.45) is 4.57. The smallest absolute Gasteiger partial charge is 0.321 e. The van der Waals surface area contributed by atoms with Crippen molar-refractivity contribution >= 4 is 17.7 Å². The molecule has 2 aliphatic rings. The monoisotopic (exact) mass is 424 g/mol. The lowest BCUT2D eigenvalue weighted by atomic mass is 9.64. The molecule has 1 spiro atoms. The van der Waals surface area contributed by atoms with Gasteiger partial charge < -0.3 is 15.5 Å². The number of benzene rings is 2. The Labute approximate surface area is 187 Å². The van der Waals surface area contributed by atoms with Gasteiger partial charge in [-0.2, -0.15) is 5.26 Å². The molecule has 1 aromatic heterocycles. The Morgan fingerprint density at radius 1 is 1.16 bits per heavy atom. The molecule has 0 atom stereocenters. The van der Waals surface area contributed by atoms with E-state index in [2.05, 4.69) is 46.0 Å². The standard InChI is InChI=1S/C25H24N6O/c1-27-23-28-16-18-14-25(21-8-3-2-7-20(21)22(18)30-23)9-11-31(12-10-25)24(32)29-19-6-4-5-17(13-19)15-26/h2-8,13,16H,9-12,14H2,1H3,(H,29,32)(H,27,28,30). The lowest BCUT2D eigenvalue weighted by molar-refractivity contribution is 0.166. The number of hydrogen-bond donors (Lipinski definition) is 2. The summed E-state index contributed by atoms with van der Waals surface area (Å²) in [6.45, 7) is 1.34. The maximum absolute atomic E-state index is 12.9. The third-order valence-corrected chi connectivity index (χ3v) is 6.62. The number of carbonyl (C=O) groups is 1. The average molecular weight is 425 g/mol. The quantitative estimate of drug-likeness (QED) is 0.644. The molecule has 160 valence electrons. The average Bonchev–Trinajstić information content (AvgIpc) is 2.84. The van der Waals surface area contributed by atoms with Gasteiger partial charge in [0.25, 0.3) is 0 Å². The molecular formula is C25H24N6O. The van der Waals surface area contributed by atoms with Crippen molar-refractivity contribution < 1.29 is 4.79 Å². The number of nitriles is 1. The van der Waals surface area contributed by atoms with E-state index < -0.39 is 0 Å². The highest BCUT2D eigenvalue weighted by Crippen LogP contribution is 2.47. The Morgan fingerprint density at radius 2 is 1.97 bits per heavy atom. The van der Waals surface area contributed by atoms with Crippen molar-refractivity contribution in [1.82, 2.24) is 14.9 Å². The third kappa shape index (κ3) is 3.44. The lowest BCUT2D eigenvalue weighted by Gasteiger charge is -2.45. The number of amides is 2. The number of anilines is 2. The molecule has 3 aromatic rings. The van der Waals surface area contributed by atoms with Gasteiger partial charge in [-0.05, 0) is 48.6 Å². The van der Waals surface area contributed by atoms with Crippen LogP contribution < -0.4 is 10.6 Å². The van der Waals surface area contributed by atoms with E-state index >= 15 is 0 Å². The summed E-state index contributed by atoms with van der Waals surface area (Å²) >= 11 is 0. The molecule has 2 heterocycles. The van der Waals surface area contributed by atoms with Crippen LogP contribution in [0.25, 0.3) is 11.3 Å². The fraction of sp³-hybridized carbons (Fsp3) is 0.280. The fourth-order valence-electron chi connectivity index (χ4n) is 4.95. The number of likely N-dealkylation sites (tertiary alicyclic amines) is 1. The zero-order valence-corrected chi connectivity index (χ0v) is 17.9. The van der Waals surface area contributed by atoms with Crippen LogP contribution in [0.1, 0.15) is 29.5 Å². The van der Waals surface area contributed by atoms with Gasteiger partial charge in [-0.15, -0.1) is 0 Å². The van der Waals surface area contributed by atoms with Gasteiger partial charge in [0.2, 0.25) is 5.95 Å². The molecule has 0 bridgehead atoms. The maximum Gasteiger partial charge on any atom is 0.321 e. The fourth-order valence-corrected chi connectivity index (χ4v) is 4.95. The molecule has 1 fully saturated rings. The van der Waals surface area contributed by atoms with Crippen LogP contribution in [-0.4, -0.2) is 41.0 Å². The van der Waals surface area contributed by atoms with E-state index in [0.717, 1.165) is 30.5 Å². The van der Waals surface area contributed by atoms with E-state index in [-0.39, 0.29) is 11.4 Å². The van der Waals surface area contributed by atoms with Gasteiger partial charge in [0.15, 0.2) is 0 Å². The first-order valence-corrected chi connectivity index (χ1v) is 10.8. The number of fused-ring (bicyclic) bond motifs is 4. The van der Waals surface area contributed by atoms with Crippen LogP contribution in [0.5, 0.6) is 0 Å². The lowest BCUT2D eigenvalue weighted by Crippen LogP contribution is -2.48. The van der Waals surface area contributed by atoms with Gasteiger partial charge >= 0.3 is 6.03 Å². The molecule has 5 rings (SSSR count). The molecule has 2 aromatic carbocycles. The number of aromatic nitrogens is 2. The van der Waals surface area contributed by atoms with E-state index in [1.807, 2.05) is 18.1 Å². The SMILES string of the molecule is CNc1ncc2c(n1)-c1ccccc1C1(CCN(C(=O)Nc3cccc(C#N)c3)CC1)C2. The molecule has 1 aliphatic heterocycles. The normalized spacial score (nSPS) is 15.9. The second-order valence-corrected chi connectivity index (χ2v) is 8.43. The van der Waals surface area contributed by atoms with Gasteiger partial charge in [0.05, 0.1) is 17.3 Å². The van der Waals surface area contributed by atoms with Crippen molar-refractivity contribution in [2.45, 2.75) is 24.7 Å². The number of piperidine rings is 1. The van der Waals surface area contributed by atoms with Crippen LogP contribution >= 0.6 is 0 Å². The molecule has 0 unspecified atom stereocenters. The third-order valence-electron chi connectivity index (χ3n) is 6.62. The predicted molar refractivity (Wildman–Crippen MR) is 123 cm³/mol. The molecule has 1 saturated heterocycles. The Kier molecular flexibility index (Phi) is 4.98. The topological polar surface area (TPSA) is 93.9 Å². The molecule has 2 N–H and O–H groups in total. The van der Waals surface area contributed by atoms with Crippen molar-refractivity contribution in [3.8, 4) is 17.3 Å². The van der Waals surface area contributed by atoms with Crippen molar-refractivity contribution in [3.63, 3.8) is 0 Å². The van der Waals surface area contributed by atoms with Gasteiger partial charge in [-0.25, -0.2) is 14.8 Å². The van der Waals surface area contributed by atoms with Crippen LogP contribution in [0.15, 0.2) is 54.7 Å². The van der Waals surface area contributed by atoms with Crippen LogP contribution in [0, 0.1) is 11.3 Å². The van der Waals surface area contributed by atoms with Crippen molar-refractivity contribution in [2.24, 2.45) is 0 Å². The number of carbonyl (C=O) groups excluding carboxylic acids is 1. The number of nitrogens with one attached hydrogen (secondary N) is 2. The number of urea groups is 1. The molecule has 7 nitrogen and oxygen atoms in total. The van der Waals surface area contributed by atoms with Crippen LogP contribution in [0.2, 0.25) is 0 Å². The number of hydrogen-bond acceptors (Lipinski definition) is 5. The summed E-state index contributed by atoms with van der Waals surface area (Å²) in [5.74, 6) is 0.626. The van der Waals surface area contributed by atoms with Crippen molar-refractivity contribution in [3.05, 3.63) is 71.4 Å². The first kappa shape index (κ1) is 20.0. The molecule has 7 heteroatoms. The van der Waals surface area contributed by atoms with E-state index in [9.17, 15) is 4.79 Å². The molecule has 2 amide bonds. The highest BCUT2D eigenvalue weighted by Gasteiger charge is 2.42. The minimum absolute atomic E-state index is 0.0222. The molecular weight excluding hydrogens is 400 g/mol. The Bertz CT molecular complexity index is 1220. The predicted octanol–water partition coefficient (Wildman–Crippen LogP) is 4.18. The molecule has 0 saturated carbocycles. The van der Waals surface area contributed by atoms with E-state index in [1.165, 1.54) is 11.1 Å². The van der Waals surface area contributed by atoms with E-state index in [0.29, 0.717) is 30.3 Å². The summed E-state index contributed by atoms with van der Waals surface area (Å²) in [6, 6.07) is 17.5. The minimum atomic E-state index is -0.124. The van der Waals surface area contributed by atoms with Crippen LogP contribution in [0.4, 0.5) is 16.4 Å². The van der Waals surface area contributed by atoms with Gasteiger partial charge in [-0.3, -0.25) is 0 Å². The zero-order valence-electron chi connectivity index (χ0n) is 17.9. The summed E-state index contributed by atoms with van der Waals surface area (Å²) in [5.41, 5.74) is 5.79. The largest absolute Gasteiger partial charge is 0.357 e. The van der Waals surface area contributed by atoms with Gasteiger partial charge in [0.1, 0.15) is 0 Å². The minimum Gasteiger partial charge on any atom is -0.357 e. The van der Waals surface area contributed by atoms with Crippen molar-refractivity contribution in [1.29, 1.82) is 5.26 Å². The van der Waals surface area contributed by atoms with Crippen LogP contribution in [0.3, 0.4) is 0 Å². The number of nitrogens with zero attached hydrogens (tertiary/aromatic N) is 4. The Balaban J connectivity index is 1.36. The van der Waals surface area contributed by atoms with Gasteiger partial charge in [-0.1, -0.05) is 30.3 Å².